The number of hydrogen-bond acceptors (Lipinski definition) is 3. The quantitative estimate of drug-likeness (QED) is 0.509. The van der Waals surface area contributed by atoms with Crippen molar-refractivity contribution in [2.24, 2.45) is 4.99 Å². The molecule has 1 aliphatic heterocycles. The molecule has 4 rings (SSSR count). The van der Waals surface area contributed by atoms with Crippen molar-refractivity contribution >= 4 is 18.3 Å². The van der Waals surface area contributed by atoms with Gasteiger partial charge in [-0.15, -0.1) is 0 Å². The van der Waals surface area contributed by atoms with E-state index in [0.29, 0.717) is 5.75 Å². The summed E-state index contributed by atoms with van der Waals surface area (Å²) in [6.45, 7) is 0. The molecule has 0 bridgehead atoms. The second kappa shape index (κ2) is 7.92. The van der Waals surface area contributed by atoms with Gasteiger partial charge >= 0.3 is 0 Å². The zero-order chi connectivity index (χ0) is 18.6. The zero-order valence-corrected chi connectivity index (χ0v) is 15.3. The highest BCUT2D eigenvalue weighted by molar-refractivity contribution is 7.96. The highest BCUT2D eigenvalue weighted by Gasteiger charge is 2.33. The predicted octanol–water partition coefficient (Wildman–Crippen LogP) is 5.94. The van der Waals surface area contributed by atoms with Gasteiger partial charge in [0.05, 0.1) is 12.4 Å². The van der Waals surface area contributed by atoms with Crippen LogP contribution in [-0.4, -0.2) is 10.6 Å². The zero-order valence-electron chi connectivity index (χ0n) is 14.5. The van der Waals surface area contributed by atoms with Crippen LogP contribution in [0.1, 0.15) is 28.8 Å². The Morgan fingerprint density at radius 1 is 0.815 bits per heavy atom. The summed E-state index contributed by atoms with van der Waals surface area (Å²) in [5.41, 5.74) is 3.06. The second-order valence-corrected chi connectivity index (χ2v) is 7.33. The number of aliphatic imine (C=N–C) groups is 1. The van der Waals surface area contributed by atoms with Crippen LogP contribution in [0.2, 0.25) is 0 Å². The van der Waals surface area contributed by atoms with E-state index in [1.807, 2.05) is 42.7 Å². The molecule has 0 spiro atoms. The Balaban J connectivity index is 1.57. The maximum absolute atomic E-state index is 13.5. The van der Waals surface area contributed by atoms with E-state index >= 15 is 0 Å². The van der Waals surface area contributed by atoms with Gasteiger partial charge in [0.25, 0.3) is 0 Å². The van der Waals surface area contributed by atoms with Crippen LogP contribution < -0.4 is 0 Å². The molecule has 1 heterocycles. The third-order valence-electron chi connectivity index (χ3n) is 4.56. The van der Waals surface area contributed by atoms with Gasteiger partial charge in [-0.1, -0.05) is 66.7 Å². The van der Waals surface area contributed by atoms with E-state index in [4.69, 9.17) is 4.99 Å². The molecule has 5 heteroatoms. The Morgan fingerprint density at radius 3 is 2.15 bits per heavy atom. The first-order valence-corrected chi connectivity index (χ1v) is 9.65. The van der Waals surface area contributed by atoms with Gasteiger partial charge in [-0.3, -0.25) is 9.30 Å². The topological polar surface area (TPSA) is 15.6 Å². The molecule has 3 aromatic rings. The summed E-state index contributed by atoms with van der Waals surface area (Å²) in [5.74, 6) is -1.10. The fraction of sp³-hybridized carbons (Fsp3) is 0.136. The highest BCUT2D eigenvalue weighted by Crippen LogP contribution is 2.43. The molecule has 2 nitrogen and oxygen atoms in total. The number of halogens is 2. The molecule has 0 saturated heterocycles. The summed E-state index contributed by atoms with van der Waals surface area (Å²) in [6, 6.07) is 24.5. The van der Waals surface area contributed by atoms with E-state index in [1.165, 1.54) is 17.7 Å². The fourth-order valence-corrected chi connectivity index (χ4v) is 4.22. The molecular weight excluding hydrogens is 362 g/mol. The summed E-state index contributed by atoms with van der Waals surface area (Å²) in [6.07, 6.45) is 1.85. The van der Waals surface area contributed by atoms with Crippen LogP contribution in [0.25, 0.3) is 0 Å². The van der Waals surface area contributed by atoms with E-state index in [0.717, 1.165) is 11.1 Å². The molecular formula is C22H18F2N2S. The molecule has 0 radical (unpaired) electrons. The average Bonchev–Trinajstić information content (AvgIpc) is 3.14. The van der Waals surface area contributed by atoms with Crippen LogP contribution in [0, 0.1) is 11.6 Å². The molecule has 1 aliphatic rings. The summed E-state index contributed by atoms with van der Waals surface area (Å²) in [7, 11) is 0. The van der Waals surface area contributed by atoms with Crippen molar-refractivity contribution in [3.8, 4) is 0 Å². The van der Waals surface area contributed by atoms with E-state index in [1.54, 1.807) is 18.0 Å². The van der Waals surface area contributed by atoms with Gasteiger partial charge in [-0.25, -0.2) is 8.78 Å². The van der Waals surface area contributed by atoms with Crippen LogP contribution in [0.5, 0.6) is 0 Å². The smallest absolute Gasteiger partial charge is 0.159 e. The van der Waals surface area contributed by atoms with Crippen LogP contribution >= 0.6 is 11.9 Å². The molecule has 0 amide bonds. The van der Waals surface area contributed by atoms with E-state index in [9.17, 15) is 8.78 Å². The molecule has 2 unspecified atom stereocenters. The lowest BCUT2D eigenvalue weighted by Crippen LogP contribution is -2.20. The monoisotopic (exact) mass is 380 g/mol. The molecule has 0 aromatic heterocycles. The molecule has 0 N–H and O–H groups in total. The van der Waals surface area contributed by atoms with E-state index in [-0.39, 0.29) is 12.1 Å². The lowest BCUT2D eigenvalue weighted by Gasteiger charge is -2.27. The van der Waals surface area contributed by atoms with Crippen molar-refractivity contribution in [1.29, 1.82) is 0 Å². The largest absolute Gasteiger partial charge is 0.297 e. The van der Waals surface area contributed by atoms with Gasteiger partial charge in [0.15, 0.2) is 11.6 Å². The number of rotatable bonds is 5. The predicted molar refractivity (Wildman–Crippen MR) is 106 cm³/mol. The number of benzene rings is 3. The van der Waals surface area contributed by atoms with Crippen molar-refractivity contribution in [3.05, 3.63) is 107 Å². The first-order chi connectivity index (χ1) is 13.2. The summed E-state index contributed by atoms with van der Waals surface area (Å²) in [4.78, 5) is 4.74. The molecule has 0 aliphatic carbocycles. The maximum Gasteiger partial charge on any atom is 0.159 e. The van der Waals surface area contributed by atoms with Crippen LogP contribution in [0.3, 0.4) is 0 Å². The Labute approximate surface area is 161 Å². The van der Waals surface area contributed by atoms with Gasteiger partial charge in [-0.05, 0) is 40.8 Å². The molecule has 3 aromatic carbocycles. The lowest BCUT2D eigenvalue weighted by molar-refractivity contribution is 0.465. The van der Waals surface area contributed by atoms with Crippen LogP contribution in [0.15, 0.2) is 83.9 Å². The second-order valence-electron chi connectivity index (χ2n) is 6.36. The molecule has 136 valence electrons. The fourth-order valence-electron chi connectivity index (χ4n) is 3.22. The standard InChI is InChI=1S/C22H18F2N2S/c23-19-12-11-16(13-20(19)24)14-27-26-15-25-21(17-7-3-1-4-8-17)22(26)18-9-5-2-6-10-18/h1-13,15,21-22H,14H2. The lowest BCUT2D eigenvalue weighted by atomic mass is 9.95. The SMILES string of the molecule is Fc1ccc(CSN2C=NC(c3ccccc3)C2c2ccccc2)cc1F. The van der Waals surface area contributed by atoms with Crippen LogP contribution in [0.4, 0.5) is 8.78 Å². The first-order valence-electron chi connectivity index (χ1n) is 8.71. The van der Waals surface area contributed by atoms with Gasteiger partial charge in [0, 0.05) is 5.75 Å². The minimum absolute atomic E-state index is 0.00828. The van der Waals surface area contributed by atoms with Crippen LogP contribution in [-0.2, 0) is 5.75 Å². The highest BCUT2D eigenvalue weighted by atomic mass is 32.2. The van der Waals surface area contributed by atoms with Gasteiger partial charge < -0.3 is 0 Å². The Hall–Kier alpha value is -2.66. The number of hydrogen-bond donors (Lipinski definition) is 0. The van der Waals surface area contributed by atoms with Gasteiger partial charge in [0.2, 0.25) is 0 Å². The van der Waals surface area contributed by atoms with Gasteiger partial charge in [-0.2, -0.15) is 0 Å². The Morgan fingerprint density at radius 2 is 1.48 bits per heavy atom. The van der Waals surface area contributed by atoms with E-state index < -0.39 is 11.6 Å². The minimum Gasteiger partial charge on any atom is -0.297 e. The van der Waals surface area contributed by atoms with Crippen molar-refractivity contribution in [1.82, 2.24) is 4.31 Å². The van der Waals surface area contributed by atoms with Crippen molar-refractivity contribution in [2.45, 2.75) is 17.8 Å². The molecule has 0 saturated carbocycles. The normalized spacial score (nSPS) is 18.8. The molecule has 27 heavy (non-hydrogen) atoms. The number of nitrogens with zero attached hydrogens (tertiary/aromatic N) is 2. The summed E-state index contributed by atoms with van der Waals surface area (Å²) < 4.78 is 28.7. The Bertz CT molecular complexity index is 932. The van der Waals surface area contributed by atoms with Gasteiger partial charge in [0.1, 0.15) is 6.04 Å². The van der Waals surface area contributed by atoms with Crippen molar-refractivity contribution in [3.63, 3.8) is 0 Å². The minimum atomic E-state index is -0.821. The molecule has 0 fully saturated rings. The van der Waals surface area contributed by atoms with Crippen molar-refractivity contribution < 1.29 is 8.78 Å². The van der Waals surface area contributed by atoms with E-state index in [2.05, 4.69) is 28.6 Å². The summed E-state index contributed by atoms with van der Waals surface area (Å²) in [5, 5.41) is 0. The summed E-state index contributed by atoms with van der Waals surface area (Å²) >= 11 is 1.55. The maximum atomic E-state index is 13.5. The Kier molecular flexibility index (Phi) is 5.21. The molecule has 2 atom stereocenters. The third-order valence-corrected chi connectivity index (χ3v) is 5.64. The van der Waals surface area contributed by atoms with Crippen molar-refractivity contribution in [2.75, 3.05) is 0 Å². The third kappa shape index (κ3) is 3.88. The first kappa shape index (κ1) is 17.7. The average molecular weight is 380 g/mol.